The van der Waals surface area contributed by atoms with Crippen molar-refractivity contribution in [3.05, 3.63) is 28.8 Å². The number of hydrogen-bond donors (Lipinski definition) is 4. The molecule has 1 rings (SSSR count). The quantitative estimate of drug-likeness (QED) is 0.469. The Morgan fingerprint density at radius 3 is 2.64 bits per heavy atom. The number of aliphatic hydroxyl groups excluding tert-OH is 2. The maximum atomic E-state index is 9.66. The van der Waals surface area contributed by atoms with Crippen LogP contribution in [0.4, 0.5) is 5.69 Å². The molecule has 0 bridgehead atoms. The standard InChI is InChI=1S/C9H12ClNO2S/c10-7-2-1-5(11)3-6(7)9(13)8(12)4-14/h1-3,8-9,12-14H,4,11H2. The van der Waals surface area contributed by atoms with E-state index in [1.54, 1.807) is 18.2 Å². The van der Waals surface area contributed by atoms with Gasteiger partial charge in [0, 0.05) is 22.0 Å². The van der Waals surface area contributed by atoms with Gasteiger partial charge in [0.25, 0.3) is 0 Å². The Balaban J connectivity index is 2.99. The molecule has 2 unspecified atom stereocenters. The van der Waals surface area contributed by atoms with E-state index in [0.29, 0.717) is 16.3 Å². The summed E-state index contributed by atoms with van der Waals surface area (Å²) in [5, 5.41) is 19.4. The zero-order valence-corrected chi connectivity index (χ0v) is 9.04. The normalized spacial score (nSPS) is 15.1. The minimum Gasteiger partial charge on any atom is -0.399 e. The van der Waals surface area contributed by atoms with Crippen molar-refractivity contribution < 1.29 is 10.2 Å². The van der Waals surface area contributed by atoms with E-state index in [9.17, 15) is 10.2 Å². The van der Waals surface area contributed by atoms with E-state index in [1.807, 2.05) is 0 Å². The molecule has 0 saturated carbocycles. The van der Waals surface area contributed by atoms with E-state index in [1.165, 1.54) is 0 Å². The zero-order valence-electron chi connectivity index (χ0n) is 7.39. The van der Waals surface area contributed by atoms with Gasteiger partial charge in [-0.3, -0.25) is 0 Å². The Kier molecular flexibility index (Phi) is 4.07. The Hall–Kier alpha value is -0.420. The van der Waals surface area contributed by atoms with Gasteiger partial charge in [0.05, 0.1) is 6.10 Å². The summed E-state index contributed by atoms with van der Waals surface area (Å²) in [5.41, 5.74) is 6.46. The van der Waals surface area contributed by atoms with Crippen LogP contribution in [-0.2, 0) is 0 Å². The first-order valence-corrected chi connectivity index (χ1v) is 5.09. The van der Waals surface area contributed by atoms with Gasteiger partial charge in [-0.1, -0.05) is 11.6 Å². The van der Waals surface area contributed by atoms with Crippen molar-refractivity contribution in [2.24, 2.45) is 0 Å². The molecular formula is C9H12ClNO2S. The van der Waals surface area contributed by atoms with Crippen molar-refractivity contribution in [1.82, 2.24) is 0 Å². The number of aliphatic hydroxyl groups is 2. The Labute approximate surface area is 92.9 Å². The van der Waals surface area contributed by atoms with Crippen LogP contribution in [0, 0.1) is 0 Å². The van der Waals surface area contributed by atoms with Gasteiger partial charge in [-0.15, -0.1) is 0 Å². The molecule has 0 radical (unpaired) electrons. The summed E-state index contributed by atoms with van der Waals surface area (Å²) in [6.45, 7) is 0. The maximum absolute atomic E-state index is 9.66. The molecular weight excluding hydrogens is 222 g/mol. The Morgan fingerprint density at radius 2 is 2.07 bits per heavy atom. The Bertz CT molecular complexity index is 322. The number of nitrogen functional groups attached to an aromatic ring is 1. The number of nitrogens with two attached hydrogens (primary N) is 1. The number of hydrogen-bond acceptors (Lipinski definition) is 4. The molecule has 0 aliphatic rings. The minimum atomic E-state index is -1.05. The average molecular weight is 234 g/mol. The lowest BCUT2D eigenvalue weighted by atomic mass is 10.0. The first-order valence-electron chi connectivity index (χ1n) is 4.08. The minimum absolute atomic E-state index is 0.159. The molecule has 1 aromatic carbocycles. The number of halogens is 1. The van der Waals surface area contributed by atoms with E-state index in [0.717, 1.165) is 0 Å². The van der Waals surface area contributed by atoms with Gasteiger partial charge in [0.15, 0.2) is 0 Å². The van der Waals surface area contributed by atoms with Gasteiger partial charge in [0.2, 0.25) is 0 Å². The van der Waals surface area contributed by atoms with E-state index >= 15 is 0 Å². The van der Waals surface area contributed by atoms with Crippen LogP contribution in [0.15, 0.2) is 18.2 Å². The van der Waals surface area contributed by atoms with Crippen LogP contribution >= 0.6 is 24.2 Å². The second-order valence-electron chi connectivity index (χ2n) is 2.98. The molecule has 2 atom stereocenters. The van der Waals surface area contributed by atoms with Gasteiger partial charge >= 0.3 is 0 Å². The van der Waals surface area contributed by atoms with Gasteiger partial charge in [0.1, 0.15) is 6.10 Å². The number of thiol groups is 1. The highest BCUT2D eigenvalue weighted by Gasteiger charge is 2.19. The smallest absolute Gasteiger partial charge is 0.107 e. The fourth-order valence-corrected chi connectivity index (χ4v) is 1.53. The van der Waals surface area contributed by atoms with Crippen LogP contribution in [0.1, 0.15) is 11.7 Å². The summed E-state index contributed by atoms with van der Waals surface area (Å²) >= 11 is 9.72. The van der Waals surface area contributed by atoms with E-state index in [-0.39, 0.29) is 5.75 Å². The van der Waals surface area contributed by atoms with Crippen LogP contribution in [0.25, 0.3) is 0 Å². The molecule has 0 aliphatic heterocycles. The fraction of sp³-hybridized carbons (Fsp3) is 0.333. The van der Waals surface area contributed by atoms with Crippen molar-refractivity contribution in [3.63, 3.8) is 0 Å². The third-order valence-corrected chi connectivity index (χ3v) is 2.61. The average Bonchev–Trinajstić information content (AvgIpc) is 2.19. The van der Waals surface area contributed by atoms with E-state index in [2.05, 4.69) is 12.6 Å². The third kappa shape index (κ3) is 2.54. The predicted octanol–water partition coefficient (Wildman–Crippen LogP) is 1.25. The van der Waals surface area contributed by atoms with Crippen molar-refractivity contribution >= 4 is 29.9 Å². The Morgan fingerprint density at radius 1 is 1.43 bits per heavy atom. The van der Waals surface area contributed by atoms with E-state index in [4.69, 9.17) is 17.3 Å². The third-order valence-electron chi connectivity index (χ3n) is 1.89. The summed E-state index contributed by atoms with van der Waals surface area (Å²) < 4.78 is 0. The van der Waals surface area contributed by atoms with Crippen LogP contribution in [0.2, 0.25) is 5.02 Å². The topological polar surface area (TPSA) is 66.5 Å². The van der Waals surface area contributed by atoms with Gasteiger partial charge in [-0.2, -0.15) is 12.6 Å². The molecule has 0 aromatic heterocycles. The lowest BCUT2D eigenvalue weighted by molar-refractivity contribution is 0.0338. The predicted molar refractivity (Wildman–Crippen MR) is 60.7 cm³/mol. The van der Waals surface area contributed by atoms with Crippen LogP contribution in [0.3, 0.4) is 0 Å². The molecule has 4 N–H and O–H groups in total. The summed E-state index contributed by atoms with van der Waals surface area (Å²) in [6, 6.07) is 4.76. The summed E-state index contributed by atoms with van der Waals surface area (Å²) in [6.07, 6.45) is -2.00. The van der Waals surface area contributed by atoms with Crippen molar-refractivity contribution in [2.45, 2.75) is 12.2 Å². The molecule has 3 nitrogen and oxygen atoms in total. The molecule has 0 fully saturated rings. The summed E-state index contributed by atoms with van der Waals surface area (Å²) in [5.74, 6) is 0.159. The van der Waals surface area contributed by atoms with E-state index < -0.39 is 12.2 Å². The first kappa shape index (κ1) is 11.7. The molecule has 1 aromatic rings. The SMILES string of the molecule is Nc1ccc(Cl)c(C(O)C(O)CS)c1. The molecule has 78 valence electrons. The molecule has 0 spiro atoms. The second kappa shape index (κ2) is 4.89. The number of benzene rings is 1. The summed E-state index contributed by atoms with van der Waals surface area (Å²) in [4.78, 5) is 0. The lowest BCUT2D eigenvalue weighted by Gasteiger charge is -2.17. The highest BCUT2D eigenvalue weighted by Crippen LogP contribution is 2.27. The van der Waals surface area contributed by atoms with Crippen molar-refractivity contribution in [3.8, 4) is 0 Å². The first-order chi connectivity index (χ1) is 6.56. The second-order valence-corrected chi connectivity index (χ2v) is 3.75. The van der Waals surface area contributed by atoms with Crippen LogP contribution in [-0.4, -0.2) is 22.1 Å². The highest BCUT2D eigenvalue weighted by atomic mass is 35.5. The van der Waals surface area contributed by atoms with Gasteiger partial charge in [-0.25, -0.2) is 0 Å². The van der Waals surface area contributed by atoms with Crippen LogP contribution < -0.4 is 5.73 Å². The molecule has 0 amide bonds. The molecule has 5 heteroatoms. The van der Waals surface area contributed by atoms with Gasteiger partial charge < -0.3 is 15.9 Å². The largest absolute Gasteiger partial charge is 0.399 e. The molecule has 0 aliphatic carbocycles. The fourth-order valence-electron chi connectivity index (χ4n) is 1.10. The molecule has 0 saturated heterocycles. The number of rotatable bonds is 3. The number of anilines is 1. The summed E-state index contributed by atoms with van der Waals surface area (Å²) in [7, 11) is 0. The van der Waals surface area contributed by atoms with Crippen molar-refractivity contribution in [1.29, 1.82) is 0 Å². The molecule has 0 heterocycles. The zero-order chi connectivity index (χ0) is 10.7. The molecule has 14 heavy (non-hydrogen) atoms. The van der Waals surface area contributed by atoms with Gasteiger partial charge in [-0.05, 0) is 18.2 Å². The van der Waals surface area contributed by atoms with Crippen molar-refractivity contribution in [2.75, 3.05) is 11.5 Å². The van der Waals surface area contributed by atoms with Crippen LogP contribution in [0.5, 0.6) is 0 Å². The highest BCUT2D eigenvalue weighted by molar-refractivity contribution is 7.80. The maximum Gasteiger partial charge on any atom is 0.107 e. The monoisotopic (exact) mass is 233 g/mol. The lowest BCUT2D eigenvalue weighted by Crippen LogP contribution is -2.20.